The number of rotatable bonds is 6. The number of aromatic nitrogens is 2. The van der Waals surface area contributed by atoms with Gasteiger partial charge in [-0.1, -0.05) is 12.1 Å². The van der Waals surface area contributed by atoms with Crippen molar-refractivity contribution >= 4 is 0 Å². The second kappa shape index (κ2) is 5.72. The summed E-state index contributed by atoms with van der Waals surface area (Å²) in [4.78, 5) is 4.20. The van der Waals surface area contributed by atoms with Crippen LogP contribution >= 0.6 is 0 Å². The Labute approximate surface area is 83.6 Å². The van der Waals surface area contributed by atoms with E-state index in [1.54, 1.807) is 7.11 Å². The van der Waals surface area contributed by atoms with E-state index in [2.05, 4.69) is 10.1 Å². The highest BCUT2D eigenvalue weighted by atomic mass is 16.5. The molecule has 1 atom stereocenters. The molecule has 0 amide bonds. The second-order valence-corrected chi connectivity index (χ2v) is 3.22. The van der Waals surface area contributed by atoms with Crippen LogP contribution in [-0.2, 0) is 17.6 Å². The van der Waals surface area contributed by atoms with Crippen molar-refractivity contribution in [2.24, 2.45) is 5.73 Å². The van der Waals surface area contributed by atoms with Crippen LogP contribution in [0.1, 0.15) is 25.1 Å². The van der Waals surface area contributed by atoms with Crippen molar-refractivity contribution in [3.8, 4) is 0 Å². The van der Waals surface area contributed by atoms with Crippen LogP contribution in [0.2, 0.25) is 0 Å². The molecule has 5 nitrogen and oxygen atoms in total. The Morgan fingerprint density at radius 3 is 3.00 bits per heavy atom. The topological polar surface area (TPSA) is 74.2 Å². The fourth-order valence-electron chi connectivity index (χ4n) is 1.04. The van der Waals surface area contributed by atoms with Crippen LogP contribution in [0.5, 0.6) is 0 Å². The number of nitrogens with two attached hydrogens (primary N) is 1. The van der Waals surface area contributed by atoms with Gasteiger partial charge in [-0.2, -0.15) is 4.98 Å². The molecule has 0 aromatic carbocycles. The van der Waals surface area contributed by atoms with Crippen molar-refractivity contribution in [1.82, 2.24) is 10.1 Å². The molecule has 5 heteroatoms. The van der Waals surface area contributed by atoms with Crippen LogP contribution in [0.15, 0.2) is 4.52 Å². The molecule has 1 aromatic rings. The molecule has 1 rings (SSSR count). The summed E-state index contributed by atoms with van der Waals surface area (Å²) in [7, 11) is 1.64. The molecule has 1 aromatic heterocycles. The molecule has 1 unspecified atom stereocenters. The summed E-state index contributed by atoms with van der Waals surface area (Å²) in [6.07, 6.45) is 2.25. The first-order chi connectivity index (χ1) is 6.76. The van der Waals surface area contributed by atoms with Gasteiger partial charge in [-0.05, 0) is 6.42 Å². The maximum absolute atomic E-state index is 5.77. The van der Waals surface area contributed by atoms with E-state index in [0.717, 1.165) is 6.42 Å². The average Bonchev–Trinajstić information content (AvgIpc) is 2.62. The minimum Gasteiger partial charge on any atom is -0.384 e. The van der Waals surface area contributed by atoms with Crippen molar-refractivity contribution in [2.45, 2.75) is 32.2 Å². The summed E-state index contributed by atoms with van der Waals surface area (Å²) in [6.45, 7) is 2.64. The molecule has 0 saturated heterocycles. The highest BCUT2D eigenvalue weighted by Crippen LogP contribution is 2.02. The third kappa shape index (κ3) is 3.43. The number of methoxy groups -OCH3 is 1. The second-order valence-electron chi connectivity index (χ2n) is 3.22. The normalized spacial score (nSPS) is 13.1. The van der Waals surface area contributed by atoms with Gasteiger partial charge < -0.3 is 15.0 Å². The fraction of sp³-hybridized carbons (Fsp3) is 0.778. The summed E-state index contributed by atoms with van der Waals surface area (Å²) in [5, 5.41) is 3.84. The van der Waals surface area contributed by atoms with Crippen molar-refractivity contribution in [3.63, 3.8) is 0 Å². The van der Waals surface area contributed by atoms with Gasteiger partial charge in [-0.3, -0.25) is 0 Å². The number of nitrogens with zero attached hydrogens (tertiary/aromatic N) is 2. The van der Waals surface area contributed by atoms with Gasteiger partial charge in [0.1, 0.15) is 0 Å². The number of ether oxygens (including phenoxy) is 1. The molecular formula is C9H17N3O2. The first-order valence-corrected chi connectivity index (χ1v) is 4.82. The van der Waals surface area contributed by atoms with Crippen LogP contribution in [0, 0.1) is 0 Å². The van der Waals surface area contributed by atoms with E-state index in [0.29, 0.717) is 31.2 Å². The third-order valence-corrected chi connectivity index (χ3v) is 2.00. The Kier molecular flexibility index (Phi) is 4.55. The molecule has 2 N–H and O–H groups in total. The first kappa shape index (κ1) is 11.1. The Morgan fingerprint density at radius 2 is 2.36 bits per heavy atom. The molecule has 0 spiro atoms. The third-order valence-electron chi connectivity index (χ3n) is 2.00. The van der Waals surface area contributed by atoms with E-state index >= 15 is 0 Å². The Bertz CT molecular complexity index is 262. The summed E-state index contributed by atoms with van der Waals surface area (Å²) < 4.78 is 9.92. The van der Waals surface area contributed by atoms with E-state index in [9.17, 15) is 0 Å². The molecule has 0 aliphatic carbocycles. The Balaban J connectivity index is 2.42. The van der Waals surface area contributed by atoms with E-state index in [4.69, 9.17) is 15.0 Å². The van der Waals surface area contributed by atoms with Gasteiger partial charge in [0, 0.05) is 19.6 Å². The molecule has 14 heavy (non-hydrogen) atoms. The standard InChI is InChI=1S/C9H17N3O2/c1-3-7(10)6-8-11-9(14-12-8)4-5-13-2/h7H,3-6,10H2,1-2H3. The van der Waals surface area contributed by atoms with E-state index < -0.39 is 0 Å². The predicted molar refractivity (Wildman–Crippen MR) is 51.8 cm³/mol. The summed E-state index contributed by atoms with van der Waals surface area (Å²) in [5.74, 6) is 1.30. The molecule has 0 aliphatic heterocycles. The zero-order chi connectivity index (χ0) is 10.4. The van der Waals surface area contributed by atoms with Crippen LogP contribution in [0.4, 0.5) is 0 Å². The summed E-state index contributed by atoms with van der Waals surface area (Å²) >= 11 is 0. The lowest BCUT2D eigenvalue weighted by Crippen LogP contribution is -2.22. The molecule has 0 fully saturated rings. The Morgan fingerprint density at radius 1 is 1.57 bits per heavy atom. The van der Waals surface area contributed by atoms with Gasteiger partial charge in [0.05, 0.1) is 13.0 Å². The maximum atomic E-state index is 5.77. The molecule has 0 bridgehead atoms. The molecule has 0 aliphatic rings. The van der Waals surface area contributed by atoms with Crippen molar-refractivity contribution < 1.29 is 9.26 Å². The van der Waals surface area contributed by atoms with Crippen molar-refractivity contribution in [2.75, 3.05) is 13.7 Å². The van der Waals surface area contributed by atoms with Gasteiger partial charge in [0.15, 0.2) is 5.82 Å². The van der Waals surface area contributed by atoms with Crippen LogP contribution < -0.4 is 5.73 Å². The van der Waals surface area contributed by atoms with Crippen molar-refractivity contribution in [1.29, 1.82) is 0 Å². The number of hydrogen-bond donors (Lipinski definition) is 1. The highest BCUT2D eigenvalue weighted by molar-refractivity contribution is 4.89. The molecule has 0 radical (unpaired) electrons. The van der Waals surface area contributed by atoms with Gasteiger partial charge >= 0.3 is 0 Å². The largest absolute Gasteiger partial charge is 0.384 e. The SMILES string of the molecule is CCC(N)Cc1noc(CCOC)n1. The minimum atomic E-state index is 0.114. The van der Waals surface area contributed by atoms with Crippen LogP contribution in [0.3, 0.4) is 0 Å². The van der Waals surface area contributed by atoms with Crippen molar-refractivity contribution in [3.05, 3.63) is 11.7 Å². The van der Waals surface area contributed by atoms with Gasteiger partial charge in [-0.25, -0.2) is 0 Å². The lowest BCUT2D eigenvalue weighted by molar-refractivity contribution is 0.192. The van der Waals surface area contributed by atoms with Gasteiger partial charge in [0.25, 0.3) is 0 Å². The monoisotopic (exact) mass is 199 g/mol. The average molecular weight is 199 g/mol. The van der Waals surface area contributed by atoms with E-state index in [1.807, 2.05) is 6.92 Å². The molecule has 1 heterocycles. The lowest BCUT2D eigenvalue weighted by Gasteiger charge is -2.02. The van der Waals surface area contributed by atoms with Crippen LogP contribution in [0.25, 0.3) is 0 Å². The highest BCUT2D eigenvalue weighted by Gasteiger charge is 2.09. The zero-order valence-corrected chi connectivity index (χ0v) is 8.69. The minimum absolute atomic E-state index is 0.114. The zero-order valence-electron chi connectivity index (χ0n) is 8.69. The summed E-state index contributed by atoms with van der Waals surface area (Å²) in [6, 6.07) is 0.114. The van der Waals surface area contributed by atoms with Crippen LogP contribution in [-0.4, -0.2) is 29.9 Å². The quantitative estimate of drug-likeness (QED) is 0.723. The van der Waals surface area contributed by atoms with E-state index in [-0.39, 0.29) is 6.04 Å². The smallest absolute Gasteiger partial charge is 0.228 e. The predicted octanol–water partition coefficient (Wildman–Crippen LogP) is 0.538. The van der Waals surface area contributed by atoms with Gasteiger partial charge in [0.2, 0.25) is 5.89 Å². The molecule has 0 saturated carbocycles. The molecule has 80 valence electrons. The summed E-state index contributed by atoms with van der Waals surface area (Å²) in [5.41, 5.74) is 5.77. The van der Waals surface area contributed by atoms with E-state index in [1.165, 1.54) is 0 Å². The van der Waals surface area contributed by atoms with Gasteiger partial charge in [-0.15, -0.1) is 0 Å². The Hall–Kier alpha value is -0.940. The lowest BCUT2D eigenvalue weighted by atomic mass is 10.2. The fourth-order valence-corrected chi connectivity index (χ4v) is 1.04. The molecular weight excluding hydrogens is 182 g/mol. The first-order valence-electron chi connectivity index (χ1n) is 4.82. The maximum Gasteiger partial charge on any atom is 0.228 e. The number of hydrogen-bond acceptors (Lipinski definition) is 5.